The van der Waals surface area contributed by atoms with Crippen molar-refractivity contribution in [2.45, 2.75) is 6.10 Å². The molecule has 2 aromatic carbocycles. The van der Waals surface area contributed by atoms with Gasteiger partial charge >= 0.3 is 0 Å². The monoisotopic (exact) mass is 374 g/mol. The van der Waals surface area contributed by atoms with Gasteiger partial charge in [-0.2, -0.15) is 0 Å². The van der Waals surface area contributed by atoms with E-state index in [4.69, 9.17) is 14.2 Å². The van der Waals surface area contributed by atoms with E-state index in [0.717, 1.165) is 22.2 Å². The van der Waals surface area contributed by atoms with E-state index in [1.54, 1.807) is 17.1 Å². The van der Waals surface area contributed by atoms with E-state index in [1.807, 2.05) is 54.6 Å². The minimum atomic E-state index is -0.0380. The second kappa shape index (κ2) is 6.88. The number of likely N-dealkylation sites (tertiary alicyclic amines) is 1. The molecule has 1 aromatic heterocycles. The minimum absolute atomic E-state index is 0.0310. The van der Waals surface area contributed by atoms with Crippen LogP contribution in [0.15, 0.2) is 60.7 Å². The predicted molar refractivity (Wildman–Crippen MR) is 104 cm³/mol. The number of nitrogens with zero attached hydrogens (tertiary/aromatic N) is 2. The zero-order valence-corrected chi connectivity index (χ0v) is 15.1. The SMILES string of the molecule is O=C(/C=C/c1ccc2c(c1)OCO2)N1CC(Oc2ccc3ccccc3n2)C1. The number of pyridine rings is 1. The zero-order chi connectivity index (χ0) is 18.9. The molecule has 1 amide bonds. The Balaban J connectivity index is 1.16. The first-order valence-electron chi connectivity index (χ1n) is 9.14. The van der Waals surface area contributed by atoms with Gasteiger partial charge in [0.05, 0.1) is 18.6 Å². The number of fused-ring (bicyclic) bond motifs is 2. The molecular formula is C22H18N2O4. The number of hydrogen-bond acceptors (Lipinski definition) is 5. The normalized spacial score (nSPS) is 15.8. The van der Waals surface area contributed by atoms with E-state index in [1.165, 1.54) is 0 Å². The van der Waals surface area contributed by atoms with Crippen LogP contribution in [0.2, 0.25) is 0 Å². The summed E-state index contributed by atoms with van der Waals surface area (Å²) in [6, 6.07) is 17.4. The molecule has 0 atom stereocenters. The Bertz CT molecular complexity index is 1070. The van der Waals surface area contributed by atoms with Gasteiger partial charge in [0.15, 0.2) is 11.5 Å². The number of carbonyl (C=O) groups is 1. The molecule has 1 fully saturated rings. The number of amides is 1. The number of ether oxygens (including phenoxy) is 3. The number of benzene rings is 2. The van der Waals surface area contributed by atoms with Crippen LogP contribution in [-0.4, -0.2) is 41.8 Å². The molecule has 3 heterocycles. The number of hydrogen-bond donors (Lipinski definition) is 0. The molecule has 2 aliphatic rings. The molecule has 6 heteroatoms. The molecule has 3 aromatic rings. The second-order valence-electron chi connectivity index (χ2n) is 6.77. The highest BCUT2D eigenvalue weighted by molar-refractivity contribution is 5.92. The van der Waals surface area contributed by atoms with E-state index in [-0.39, 0.29) is 18.8 Å². The van der Waals surface area contributed by atoms with Gasteiger partial charge in [0.2, 0.25) is 18.6 Å². The molecule has 0 saturated carbocycles. The number of carbonyl (C=O) groups excluding carboxylic acids is 1. The van der Waals surface area contributed by atoms with Gasteiger partial charge in [0, 0.05) is 17.5 Å². The van der Waals surface area contributed by atoms with Crippen LogP contribution in [0.3, 0.4) is 0 Å². The van der Waals surface area contributed by atoms with Gasteiger partial charge in [-0.25, -0.2) is 4.98 Å². The van der Waals surface area contributed by atoms with Gasteiger partial charge < -0.3 is 19.1 Å². The molecule has 0 radical (unpaired) electrons. The van der Waals surface area contributed by atoms with Crippen LogP contribution in [0, 0.1) is 0 Å². The maximum absolute atomic E-state index is 12.3. The fourth-order valence-electron chi connectivity index (χ4n) is 3.27. The fourth-order valence-corrected chi connectivity index (χ4v) is 3.27. The van der Waals surface area contributed by atoms with Crippen molar-refractivity contribution in [1.29, 1.82) is 0 Å². The van der Waals surface area contributed by atoms with E-state index < -0.39 is 0 Å². The third-order valence-electron chi connectivity index (χ3n) is 4.83. The highest BCUT2D eigenvalue weighted by Gasteiger charge is 2.31. The molecule has 0 unspecified atom stereocenters. The molecule has 0 N–H and O–H groups in total. The quantitative estimate of drug-likeness (QED) is 0.656. The van der Waals surface area contributed by atoms with Crippen LogP contribution < -0.4 is 14.2 Å². The first-order valence-corrected chi connectivity index (χ1v) is 9.14. The van der Waals surface area contributed by atoms with Crippen LogP contribution in [0.1, 0.15) is 5.56 Å². The molecule has 1 saturated heterocycles. The molecule has 0 bridgehead atoms. The van der Waals surface area contributed by atoms with Crippen molar-refractivity contribution in [3.05, 3.63) is 66.2 Å². The molecular weight excluding hydrogens is 356 g/mol. The summed E-state index contributed by atoms with van der Waals surface area (Å²) in [5.74, 6) is 1.99. The van der Waals surface area contributed by atoms with Crippen molar-refractivity contribution < 1.29 is 19.0 Å². The summed E-state index contributed by atoms with van der Waals surface area (Å²) in [5.41, 5.74) is 1.80. The second-order valence-corrected chi connectivity index (χ2v) is 6.77. The summed E-state index contributed by atoms with van der Waals surface area (Å²) >= 11 is 0. The Morgan fingerprint density at radius 3 is 2.86 bits per heavy atom. The molecule has 0 aliphatic carbocycles. The predicted octanol–water partition coefficient (Wildman–Crippen LogP) is 3.27. The van der Waals surface area contributed by atoms with Crippen molar-refractivity contribution >= 4 is 22.9 Å². The lowest BCUT2D eigenvalue weighted by Crippen LogP contribution is -2.55. The average Bonchev–Trinajstić information content (AvgIpc) is 3.16. The summed E-state index contributed by atoms with van der Waals surface area (Å²) < 4.78 is 16.5. The summed E-state index contributed by atoms with van der Waals surface area (Å²) in [7, 11) is 0. The highest BCUT2D eigenvalue weighted by Crippen LogP contribution is 2.32. The van der Waals surface area contributed by atoms with Crippen molar-refractivity contribution in [2.75, 3.05) is 19.9 Å². The van der Waals surface area contributed by atoms with Gasteiger partial charge in [-0.3, -0.25) is 4.79 Å². The highest BCUT2D eigenvalue weighted by atomic mass is 16.7. The molecule has 6 nitrogen and oxygen atoms in total. The van der Waals surface area contributed by atoms with Gasteiger partial charge in [-0.1, -0.05) is 24.3 Å². The maximum atomic E-state index is 12.3. The Hall–Kier alpha value is -3.54. The lowest BCUT2D eigenvalue weighted by molar-refractivity contribution is -0.134. The van der Waals surface area contributed by atoms with Crippen molar-refractivity contribution in [3.63, 3.8) is 0 Å². The number of para-hydroxylation sites is 1. The molecule has 5 rings (SSSR count). The fraction of sp³-hybridized carbons (Fsp3) is 0.182. The summed E-state index contributed by atoms with van der Waals surface area (Å²) in [5, 5.41) is 1.08. The summed E-state index contributed by atoms with van der Waals surface area (Å²) in [6.07, 6.45) is 3.32. The third-order valence-corrected chi connectivity index (χ3v) is 4.83. The Morgan fingerprint density at radius 2 is 1.93 bits per heavy atom. The zero-order valence-electron chi connectivity index (χ0n) is 15.1. The Labute approximate surface area is 162 Å². The minimum Gasteiger partial charge on any atom is -0.471 e. The number of rotatable bonds is 4. The topological polar surface area (TPSA) is 60.9 Å². The lowest BCUT2D eigenvalue weighted by Gasteiger charge is -2.38. The standard InChI is InChI=1S/C22H18N2O4/c25-22(10-6-15-5-8-19-20(11-15)27-14-26-19)24-12-17(13-24)28-21-9-7-16-3-1-2-4-18(16)23-21/h1-11,17H,12-14H2/b10-6+. The molecule has 140 valence electrons. The smallest absolute Gasteiger partial charge is 0.246 e. The van der Waals surface area contributed by atoms with E-state index in [2.05, 4.69) is 4.98 Å². The third kappa shape index (κ3) is 3.24. The van der Waals surface area contributed by atoms with Crippen LogP contribution in [-0.2, 0) is 4.79 Å². The summed E-state index contributed by atoms with van der Waals surface area (Å²) in [4.78, 5) is 18.6. The van der Waals surface area contributed by atoms with Crippen molar-refractivity contribution in [3.8, 4) is 17.4 Å². The Morgan fingerprint density at radius 1 is 1.07 bits per heavy atom. The van der Waals surface area contributed by atoms with E-state index in [9.17, 15) is 4.79 Å². The van der Waals surface area contributed by atoms with Crippen molar-refractivity contribution in [2.24, 2.45) is 0 Å². The average molecular weight is 374 g/mol. The van der Waals surface area contributed by atoms with E-state index in [0.29, 0.717) is 24.7 Å². The first-order chi connectivity index (χ1) is 13.7. The maximum Gasteiger partial charge on any atom is 0.246 e. The molecule has 28 heavy (non-hydrogen) atoms. The molecule has 2 aliphatic heterocycles. The van der Waals surface area contributed by atoms with Crippen LogP contribution >= 0.6 is 0 Å². The Kier molecular flexibility index (Phi) is 4.09. The largest absolute Gasteiger partial charge is 0.471 e. The van der Waals surface area contributed by atoms with Gasteiger partial charge in [-0.15, -0.1) is 0 Å². The van der Waals surface area contributed by atoms with Crippen LogP contribution in [0.5, 0.6) is 17.4 Å². The van der Waals surface area contributed by atoms with Gasteiger partial charge in [0.1, 0.15) is 6.10 Å². The van der Waals surface area contributed by atoms with E-state index >= 15 is 0 Å². The van der Waals surface area contributed by atoms with Crippen LogP contribution in [0.4, 0.5) is 0 Å². The summed E-state index contributed by atoms with van der Waals surface area (Å²) in [6.45, 7) is 1.35. The lowest BCUT2D eigenvalue weighted by atomic mass is 10.1. The van der Waals surface area contributed by atoms with Gasteiger partial charge in [-0.05, 0) is 35.9 Å². The molecule has 0 spiro atoms. The first kappa shape index (κ1) is 16.6. The van der Waals surface area contributed by atoms with Gasteiger partial charge in [0.25, 0.3) is 0 Å². The van der Waals surface area contributed by atoms with Crippen molar-refractivity contribution in [1.82, 2.24) is 9.88 Å². The number of aromatic nitrogens is 1. The van der Waals surface area contributed by atoms with Crippen LogP contribution in [0.25, 0.3) is 17.0 Å².